The maximum Gasteiger partial charge on any atom is 0.452 e. The molecule has 36 heavy (non-hydrogen) atoms. The first-order valence-corrected chi connectivity index (χ1v) is 17.3. The van der Waals surface area contributed by atoms with E-state index >= 15 is 0 Å². The molecule has 0 bridgehead atoms. The third-order valence-corrected chi connectivity index (χ3v) is 9.32. The molecular weight excluding hydrogens is 495 g/mol. The predicted octanol–water partition coefficient (Wildman–Crippen LogP) is 10.5. The van der Waals surface area contributed by atoms with Gasteiger partial charge in [-0.3, -0.25) is 9.41 Å². The maximum atomic E-state index is 12.9. The van der Waals surface area contributed by atoms with E-state index in [1.54, 1.807) is 13.8 Å². The standard InChI is InChI=1S/C28H57O6PS/c1-7-10-12-14-15-16-17-19-21-24-36-27(22-20-18-13-11-8-2)26(6)32-33-28(29)35(30,31-23-9-3)34-25(4)5/h25-27H,7-24H2,1-6H3. The molecule has 0 aliphatic carbocycles. The van der Waals surface area contributed by atoms with Gasteiger partial charge in [0, 0.05) is 5.25 Å². The minimum absolute atomic E-state index is 0.156. The van der Waals surface area contributed by atoms with Crippen molar-refractivity contribution in [1.82, 2.24) is 0 Å². The summed E-state index contributed by atoms with van der Waals surface area (Å²) >= 11 is 1.90. The van der Waals surface area contributed by atoms with Crippen LogP contribution >= 0.6 is 19.4 Å². The Morgan fingerprint density at radius 1 is 0.750 bits per heavy atom. The van der Waals surface area contributed by atoms with Gasteiger partial charge in [-0.05, 0) is 45.8 Å². The van der Waals surface area contributed by atoms with Crippen LogP contribution in [0.25, 0.3) is 0 Å². The summed E-state index contributed by atoms with van der Waals surface area (Å²) in [5, 5.41) is 0.218. The van der Waals surface area contributed by atoms with Gasteiger partial charge in [0.25, 0.3) is 0 Å². The number of hydrogen-bond acceptors (Lipinski definition) is 7. The monoisotopic (exact) mass is 552 g/mol. The average molecular weight is 553 g/mol. The van der Waals surface area contributed by atoms with Gasteiger partial charge in [0.1, 0.15) is 6.10 Å². The van der Waals surface area contributed by atoms with Crippen molar-refractivity contribution in [2.24, 2.45) is 0 Å². The lowest BCUT2D eigenvalue weighted by Gasteiger charge is -2.24. The Hall–Kier alpha value is -0.0700. The fourth-order valence-electron chi connectivity index (χ4n) is 3.89. The van der Waals surface area contributed by atoms with Crippen LogP contribution in [-0.2, 0) is 23.4 Å². The molecule has 3 unspecified atom stereocenters. The van der Waals surface area contributed by atoms with Crippen molar-refractivity contribution in [3.05, 3.63) is 0 Å². The van der Waals surface area contributed by atoms with Crippen LogP contribution in [0.4, 0.5) is 4.79 Å². The molecule has 8 heteroatoms. The van der Waals surface area contributed by atoms with Crippen LogP contribution in [0.5, 0.6) is 0 Å². The Morgan fingerprint density at radius 3 is 1.81 bits per heavy atom. The van der Waals surface area contributed by atoms with E-state index in [9.17, 15) is 9.36 Å². The lowest BCUT2D eigenvalue weighted by Crippen LogP contribution is -2.26. The van der Waals surface area contributed by atoms with Crippen LogP contribution in [0.15, 0.2) is 0 Å². The van der Waals surface area contributed by atoms with Gasteiger partial charge in [-0.1, -0.05) is 104 Å². The highest BCUT2D eigenvalue weighted by Gasteiger charge is 2.40. The summed E-state index contributed by atoms with van der Waals surface area (Å²) in [6.45, 7) is 11.8. The molecule has 0 aliphatic rings. The average Bonchev–Trinajstić information content (AvgIpc) is 2.85. The zero-order valence-electron chi connectivity index (χ0n) is 24.3. The highest BCUT2D eigenvalue weighted by Crippen LogP contribution is 2.51. The van der Waals surface area contributed by atoms with Crippen LogP contribution in [0.1, 0.15) is 144 Å². The minimum Gasteiger partial charge on any atom is -0.301 e. The second kappa shape index (κ2) is 24.0. The Kier molecular flexibility index (Phi) is 24.0. The molecule has 0 heterocycles. The summed E-state index contributed by atoms with van der Waals surface area (Å²) in [6.07, 6.45) is 18.8. The Labute approximate surface area is 227 Å². The van der Waals surface area contributed by atoms with Gasteiger partial charge in [-0.25, -0.2) is 9.36 Å². The van der Waals surface area contributed by atoms with E-state index in [1.165, 1.54) is 83.5 Å². The van der Waals surface area contributed by atoms with Crippen molar-refractivity contribution in [2.45, 2.75) is 162 Å². The summed E-state index contributed by atoms with van der Waals surface area (Å²) < 4.78 is 23.5. The number of thioether (sulfide) groups is 1. The molecule has 0 aromatic carbocycles. The number of unbranched alkanes of at least 4 members (excludes halogenated alkanes) is 12. The Balaban J connectivity index is 4.61. The topological polar surface area (TPSA) is 71.1 Å². The van der Waals surface area contributed by atoms with E-state index < -0.39 is 19.4 Å². The van der Waals surface area contributed by atoms with Gasteiger partial charge < -0.3 is 4.52 Å². The number of carbonyl (C=O) groups is 1. The van der Waals surface area contributed by atoms with Gasteiger partial charge in [0.05, 0.1) is 12.7 Å². The van der Waals surface area contributed by atoms with Crippen molar-refractivity contribution in [2.75, 3.05) is 12.4 Å². The molecule has 0 aliphatic heterocycles. The largest absolute Gasteiger partial charge is 0.452 e. The van der Waals surface area contributed by atoms with E-state index in [0.717, 1.165) is 18.6 Å². The zero-order chi connectivity index (χ0) is 27.1. The van der Waals surface area contributed by atoms with Crippen LogP contribution in [-0.4, -0.2) is 35.5 Å². The molecule has 6 nitrogen and oxygen atoms in total. The molecule has 3 atom stereocenters. The summed E-state index contributed by atoms with van der Waals surface area (Å²) in [7, 11) is -4.04. The van der Waals surface area contributed by atoms with Crippen molar-refractivity contribution >= 4 is 25.1 Å². The molecule has 0 radical (unpaired) electrons. The molecule has 0 rings (SSSR count). The maximum absolute atomic E-state index is 12.9. The first-order chi connectivity index (χ1) is 17.3. The first kappa shape index (κ1) is 35.9. The van der Waals surface area contributed by atoms with Gasteiger partial charge in [-0.2, -0.15) is 16.6 Å². The lowest BCUT2D eigenvalue weighted by atomic mass is 10.1. The van der Waals surface area contributed by atoms with Crippen molar-refractivity contribution < 1.29 is 28.2 Å². The molecule has 0 saturated heterocycles. The molecule has 0 amide bonds. The molecule has 0 saturated carbocycles. The quantitative estimate of drug-likeness (QED) is 0.0457. The Morgan fingerprint density at radius 2 is 1.28 bits per heavy atom. The normalized spacial score (nSPS) is 15.1. The first-order valence-electron chi connectivity index (χ1n) is 14.7. The Bertz CT molecular complexity index is 560. The van der Waals surface area contributed by atoms with Crippen molar-refractivity contribution in [3.63, 3.8) is 0 Å². The second-order valence-corrected chi connectivity index (χ2v) is 13.3. The van der Waals surface area contributed by atoms with Crippen LogP contribution in [0.3, 0.4) is 0 Å². The van der Waals surface area contributed by atoms with Gasteiger partial charge in [-0.15, -0.1) is 0 Å². The van der Waals surface area contributed by atoms with Crippen molar-refractivity contribution in [3.8, 4) is 0 Å². The van der Waals surface area contributed by atoms with E-state index in [-0.39, 0.29) is 18.0 Å². The van der Waals surface area contributed by atoms with Gasteiger partial charge in [0.15, 0.2) is 0 Å². The summed E-state index contributed by atoms with van der Waals surface area (Å²) in [5.41, 5.74) is -1.07. The van der Waals surface area contributed by atoms with E-state index in [4.69, 9.17) is 18.8 Å². The van der Waals surface area contributed by atoms with Crippen LogP contribution < -0.4 is 0 Å². The third kappa shape index (κ3) is 19.1. The molecule has 216 valence electrons. The van der Waals surface area contributed by atoms with Crippen LogP contribution in [0, 0.1) is 0 Å². The summed E-state index contributed by atoms with van der Waals surface area (Å²) in [6, 6.07) is 0. The molecular formula is C28H57O6PS. The molecule has 0 fully saturated rings. The number of hydrogen-bond donors (Lipinski definition) is 0. The number of carbonyl (C=O) groups excluding carboxylic acids is 1. The molecule has 0 N–H and O–H groups in total. The third-order valence-electron chi connectivity index (χ3n) is 6.01. The molecule has 0 aromatic rings. The van der Waals surface area contributed by atoms with E-state index in [1.807, 2.05) is 25.6 Å². The zero-order valence-corrected chi connectivity index (χ0v) is 26.0. The second-order valence-electron chi connectivity index (χ2n) is 10.1. The van der Waals surface area contributed by atoms with Crippen LogP contribution in [0.2, 0.25) is 0 Å². The van der Waals surface area contributed by atoms with Crippen molar-refractivity contribution in [1.29, 1.82) is 0 Å². The SMILES string of the molecule is CCCCCCCCCCCSC(CCCCCCC)C(C)OOC(=O)P(=O)(OCCC)OC(C)C. The number of rotatable bonds is 26. The summed E-state index contributed by atoms with van der Waals surface area (Å²) in [4.78, 5) is 23.1. The molecule has 0 spiro atoms. The lowest BCUT2D eigenvalue weighted by molar-refractivity contribution is -0.262. The fraction of sp³-hybridized carbons (Fsp3) is 0.964. The van der Waals surface area contributed by atoms with Gasteiger partial charge in [0.2, 0.25) is 0 Å². The highest BCUT2D eigenvalue weighted by atomic mass is 32.2. The molecule has 0 aromatic heterocycles. The smallest absolute Gasteiger partial charge is 0.301 e. The fourth-order valence-corrected chi connectivity index (χ4v) is 6.58. The van der Waals surface area contributed by atoms with E-state index in [0.29, 0.717) is 6.42 Å². The van der Waals surface area contributed by atoms with Gasteiger partial charge >= 0.3 is 13.3 Å². The highest BCUT2D eigenvalue weighted by molar-refractivity contribution is 7.99. The van der Waals surface area contributed by atoms with E-state index in [2.05, 4.69) is 13.8 Å². The minimum atomic E-state index is -4.04. The summed E-state index contributed by atoms with van der Waals surface area (Å²) in [5.74, 6) is 1.08. The predicted molar refractivity (Wildman–Crippen MR) is 154 cm³/mol.